The van der Waals surface area contributed by atoms with Crippen molar-refractivity contribution in [2.24, 2.45) is 23.2 Å². The van der Waals surface area contributed by atoms with Crippen LogP contribution in [0.5, 0.6) is 0 Å². The third-order valence-electron chi connectivity index (χ3n) is 5.50. The second kappa shape index (κ2) is 3.66. The van der Waals surface area contributed by atoms with Gasteiger partial charge >= 0.3 is 0 Å². The van der Waals surface area contributed by atoms with E-state index in [2.05, 4.69) is 0 Å². The molecule has 4 saturated carbocycles. The third kappa shape index (κ3) is 1.67. The first kappa shape index (κ1) is 12.3. The maximum Gasteiger partial charge on any atom is 0.140 e. The van der Waals surface area contributed by atoms with Crippen molar-refractivity contribution in [2.75, 3.05) is 0 Å². The summed E-state index contributed by atoms with van der Waals surface area (Å²) in [6.45, 7) is 3.07. The van der Waals surface area contributed by atoms with E-state index in [1.54, 1.807) is 0 Å². The Bertz CT molecular complexity index is 384. The van der Waals surface area contributed by atoms with Crippen LogP contribution in [0.15, 0.2) is 0 Å². The van der Waals surface area contributed by atoms with E-state index in [9.17, 15) is 14.7 Å². The minimum Gasteiger partial charge on any atom is -0.390 e. The molecule has 0 saturated heterocycles. The van der Waals surface area contributed by atoms with Crippen LogP contribution in [0.4, 0.5) is 0 Å². The van der Waals surface area contributed by atoms with Crippen molar-refractivity contribution >= 4 is 11.6 Å². The lowest BCUT2D eigenvalue weighted by Gasteiger charge is -2.61. The number of carbonyl (C=O) groups is 2. The lowest BCUT2D eigenvalue weighted by atomic mass is 9.44. The van der Waals surface area contributed by atoms with E-state index in [1.165, 1.54) is 20.3 Å². The maximum atomic E-state index is 11.9. The van der Waals surface area contributed by atoms with E-state index < -0.39 is 11.5 Å². The molecule has 0 heterocycles. The molecule has 0 aromatic carbocycles. The summed E-state index contributed by atoms with van der Waals surface area (Å²) in [4.78, 5) is 23.8. The van der Waals surface area contributed by atoms with Gasteiger partial charge in [-0.1, -0.05) is 0 Å². The molecule has 1 N–H and O–H groups in total. The molecule has 4 rings (SSSR count). The van der Waals surface area contributed by atoms with Gasteiger partial charge in [0.2, 0.25) is 0 Å². The largest absolute Gasteiger partial charge is 0.390 e. The molecule has 4 fully saturated rings. The Morgan fingerprint density at radius 1 is 1.06 bits per heavy atom. The number of hydrogen-bond acceptors (Lipinski definition) is 3. The monoisotopic (exact) mass is 250 g/mol. The van der Waals surface area contributed by atoms with Gasteiger partial charge in [0, 0.05) is 0 Å². The Morgan fingerprint density at radius 2 is 1.56 bits per heavy atom. The van der Waals surface area contributed by atoms with Crippen LogP contribution in [0.3, 0.4) is 0 Å². The summed E-state index contributed by atoms with van der Waals surface area (Å²) in [5.74, 6) is 0.561. The van der Waals surface area contributed by atoms with E-state index in [1.807, 2.05) is 0 Å². The van der Waals surface area contributed by atoms with Crippen LogP contribution in [0.25, 0.3) is 0 Å². The predicted octanol–water partition coefficient (Wildman–Crippen LogP) is 2.11. The first-order valence-electron chi connectivity index (χ1n) is 7.07. The fourth-order valence-electron chi connectivity index (χ4n) is 5.77. The van der Waals surface area contributed by atoms with Crippen LogP contribution in [0.2, 0.25) is 0 Å². The third-order valence-corrected chi connectivity index (χ3v) is 5.50. The van der Waals surface area contributed by atoms with Gasteiger partial charge in [0.15, 0.2) is 0 Å². The number of Topliss-reactive ketones (excluding diaryl/α,β-unsaturated/α-hetero) is 2. The molecule has 0 aromatic heterocycles. The van der Waals surface area contributed by atoms with Crippen molar-refractivity contribution in [3.8, 4) is 0 Å². The van der Waals surface area contributed by atoms with Crippen molar-refractivity contribution in [1.29, 1.82) is 0 Å². The molecule has 18 heavy (non-hydrogen) atoms. The molecular formula is C15H22O3. The van der Waals surface area contributed by atoms with Gasteiger partial charge in [-0.3, -0.25) is 9.59 Å². The van der Waals surface area contributed by atoms with Crippen molar-refractivity contribution in [3.05, 3.63) is 0 Å². The van der Waals surface area contributed by atoms with E-state index in [4.69, 9.17) is 0 Å². The average Bonchev–Trinajstić information content (AvgIpc) is 2.09. The fourth-order valence-corrected chi connectivity index (χ4v) is 5.77. The molecule has 0 spiro atoms. The standard InChI is InChI=1S/C15H22O3/c1-9(16)13(10(2)17)14-4-11-3-12(5-14)7-15(18,6-11)8-14/h11-13,18H,3-8H2,1-2H3. The van der Waals surface area contributed by atoms with Crippen LogP contribution >= 0.6 is 0 Å². The second-order valence-electron chi connectivity index (χ2n) is 7.20. The molecule has 0 aliphatic heterocycles. The minimum absolute atomic E-state index is 0.00644. The van der Waals surface area contributed by atoms with Crippen molar-refractivity contribution < 1.29 is 14.7 Å². The van der Waals surface area contributed by atoms with Crippen LogP contribution < -0.4 is 0 Å². The van der Waals surface area contributed by atoms with Gasteiger partial charge in [-0.15, -0.1) is 0 Å². The van der Waals surface area contributed by atoms with Gasteiger partial charge in [0.25, 0.3) is 0 Å². The normalized spacial score (nSPS) is 45.6. The summed E-state index contributed by atoms with van der Waals surface area (Å²) in [5.41, 5.74) is -0.816. The molecule has 100 valence electrons. The van der Waals surface area contributed by atoms with Gasteiger partial charge in [-0.25, -0.2) is 0 Å². The van der Waals surface area contributed by atoms with E-state index in [0.29, 0.717) is 18.3 Å². The Kier molecular flexibility index (Phi) is 2.51. The van der Waals surface area contributed by atoms with Crippen molar-refractivity contribution in [2.45, 2.75) is 58.0 Å². The number of carbonyl (C=O) groups excluding carboxylic acids is 2. The maximum absolute atomic E-state index is 11.9. The number of hydrogen-bond donors (Lipinski definition) is 1. The quantitative estimate of drug-likeness (QED) is 0.780. The van der Waals surface area contributed by atoms with Crippen molar-refractivity contribution in [3.63, 3.8) is 0 Å². The highest BCUT2D eigenvalue weighted by molar-refractivity contribution is 6.01. The number of ketones is 2. The molecule has 4 bridgehead atoms. The van der Waals surface area contributed by atoms with Crippen molar-refractivity contribution in [1.82, 2.24) is 0 Å². The van der Waals surface area contributed by atoms with Gasteiger partial charge in [0.1, 0.15) is 11.6 Å². The lowest BCUT2D eigenvalue weighted by Crippen LogP contribution is -2.59. The van der Waals surface area contributed by atoms with E-state index in [0.717, 1.165) is 25.7 Å². The molecule has 0 amide bonds. The molecule has 3 nitrogen and oxygen atoms in total. The summed E-state index contributed by atoms with van der Waals surface area (Å²) < 4.78 is 0. The molecule has 0 radical (unpaired) electrons. The summed E-state index contributed by atoms with van der Waals surface area (Å²) in [6.07, 6.45) is 5.55. The number of rotatable bonds is 3. The topological polar surface area (TPSA) is 54.4 Å². The van der Waals surface area contributed by atoms with Crippen LogP contribution in [-0.2, 0) is 9.59 Å². The van der Waals surface area contributed by atoms with Gasteiger partial charge in [0.05, 0.1) is 11.5 Å². The Morgan fingerprint density at radius 3 is 1.94 bits per heavy atom. The zero-order valence-electron chi connectivity index (χ0n) is 11.2. The van der Waals surface area contributed by atoms with E-state index >= 15 is 0 Å². The molecule has 0 aromatic rings. The molecular weight excluding hydrogens is 228 g/mol. The van der Waals surface area contributed by atoms with Gasteiger partial charge in [-0.05, 0) is 69.6 Å². The molecule has 4 aliphatic carbocycles. The van der Waals surface area contributed by atoms with Crippen LogP contribution in [0, 0.1) is 23.2 Å². The second-order valence-corrected chi connectivity index (χ2v) is 7.20. The highest BCUT2D eigenvalue weighted by Gasteiger charge is 2.61. The van der Waals surface area contributed by atoms with Crippen LogP contribution in [-0.4, -0.2) is 22.3 Å². The highest BCUT2D eigenvalue weighted by atomic mass is 16.3. The summed E-state index contributed by atoms with van der Waals surface area (Å²) in [7, 11) is 0. The van der Waals surface area contributed by atoms with Gasteiger partial charge in [-0.2, -0.15) is 0 Å². The highest BCUT2D eigenvalue weighted by Crippen LogP contribution is 2.64. The zero-order chi connectivity index (χ0) is 13.1. The van der Waals surface area contributed by atoms with Crippen LogP contribution in [0.1, 0.15) is 52.4 Å². The van der Waals surface area contributed by atoms with E-state index in [-0.39, 0.29) is 17.0 Å². The van der Waals surface area contributed by atoms with Gasteiger partial charge < -0.3 is 5.11 Å². The summed E-state index contributed by atoms with van der Waals surface area (Å²) >= 11 is 0. The lowest BCUT2D eigenvalue weighted by molar-refractivity contribution is -0.184. The Balaban J connectivity index is 1.99. The molecule has 2 atom stereocenters. The first-order chi connectivity index (χ1) is 8.34. The predicted molar refractivity (Wildman–Crippen MR) is 66.9 cm³/mol. The Labute approximate surface area is 108 Å². The summed E-state index contributed by atoms with van der Waals surface area (Å²) in [6, 6.07) is 0. The zero-order valence-corrected chi connectivity index (χ0v) is 11.2. The average molecular weight is 250 g/mol. The molecule has 3 heteroatoms. The summed E-state index contributed by atoms with van der Waals surface area (Å²) in [5, 5.41) is 10.7. The first-order valence-corrected chi connectivity index (χ1v) is 7.07. The minimum atomic E-state index is -0.590. The smallest absolute Gasteiger partial charge is 0.140 e. The number of aliphatic hydroxyl groups is 1. The Hall–Kier alpha value is -0.700. The fraction of sp³-hybridized carbons (Fsp3) is 0.867. The molecule has 4 aliphatic rings. The molecule has 2 unspecified atom stereocenters. The SMILES string of the molecule is CC(=O)C(C(C)=O)C12CC3CC(CC(O)(C3)C1)C2.